The monoisotopic (exact) mass is 276 g/mol. The first-order valence-corrected chi connectivity index (χ1v) is 6.15. The van der Waals surface area contributed by atoms with Gasteiger partial charge >= 0.3 is 6.01 Å². The largest absolute Gasteiger partial charge is 0.406 e. The summed E-state index contributed by atoms with van der Waals surface area (Å²) in [5.41, 5.74) is -0.322. The zero-order valence-corrected chi connectivity index (χ0v) is 10.4. The molecule has 1 aliphatic rings. The second kappa shape index (κ2) is 5.21. The molecule has 104 valence electrons. The van der Waals surface area contributed by atoms with Gasteiger partial charge in [-0.15, -0.1) is 5.10 Å². The Morgan fingerprint density at radius 2 is 2.35 bits per heavy atom. The summed E-state index contributed by atoms with van der Waals surface area (Å²) in [7, 11) is 0. The lowest BCUT2D eigenvalue weighted by Crippen LogP contribution is -2.17. The smallest absolute Gasteiger partial charge is 0.322 e. The minimum Gasteiger partial charge on any atom is -0.406 e. The number of aromatic nitrogens is 4. The van der Waals surface area contributed by atoms with Crippen molar-refractivity contribution in [3.63, 3.8) is 0 Å². The fraction of sp³-hybridized carbons (Fsp3) is 0.364. The van der Waals surface area contributed by atoms with Crippen LogP contribution in [0.4, 0.5) is 6.01 Å². The zero-order valence-electron chi connectivity index (χ0n) is 10.4. The van der Waals surface area contributed by atoms with Crippen LogP contribution in [0.15, 0.2) is 21.6 Å². The topological polar surface area (TPSA) is 126 Å². The predicted octanol–water partition coefficient (Wildman–Crippen LogP) is -0.170. The van der Waals surface area contributed by atoms with Crippen molar-refractivity contribution < 1.29 is 9.21 Å². The number of nitrogens with zero attached hydrogens (tertiary/aromatic N) is 3. The number of anilines is 1. The van der Waals surface area contributed by atoms with Gasteiger partial charge in [0.1, 0.15) is 5.69 Å². The Bertz CT molecular complexity index is 652. The number of nitrogens with one attached hydrogen (secondary N) is 3. The first kappa shape index (κ1) is 12.5. The summed E-state index contributed by atoms with van der Waals surface area (Å²) < 4.78 is 5.37. The van der Waals surface area contributed by atoms with Crippen LogP contribution in [0.2, 0.25) is 0 Å². The summed E-state index contributed by atoms with van der Waals surface area (Å²) in [5, 5.41) is 13.3. The number of carbonyl (C=O) groups excluding carboxylic acids is 1. The van der Waals surface area contributed by atoms with Gasteiger partial charge in [0.25, 0.3) is 11.5 Å². The molecule has 1 unspecified atom stereocenters. The van der Waals surface area contributed by atoms with Gasteiger partial charge in [0.05, 0.1) is 12.2 Å². The van der Waals surface area contributed by atoms with Crippen molar-refractivity contribution >= 4 is 11.9 Å². The molecule has 3 rings (SSSR count). The lowest BCUT2D eigenvalue weighted by Gasteiger charge is -2.02. The number of hydrogen-bond donors (Lipinski definition) is 3. The van der Waals surface area contributed by atoms with Crippen LogP contribution >= 0.6 is 0 Å². The molecular formula is C11H12N6O3. The van der Waals surface area contributed by atoms with E-state index in [4.69, 9.17) is 4.42 Å². The summed E-state index contributed by atoms with van der Waals surface area (Å²) in [6.07, 6.45) is 4.22. The van der Waals surface area contributed by atoms with Gasteiger partial charge < -0.3 is 14.7 Å². The molecule has 0 aromatic carbocycles. The second-order valence-electron chi connectivity index (χ2n) is 4.34. The van der Waals surface area contributed by atoms with Crippen LogP contribution in [-0.4, -0.2) is 32.6 Å². The van der Waals surface area contributed by atoms with Crippen molar-refractivity contribution in [1.82, 2.24) is 25.5 Å². The van der Waals surface area contributed by atoms with Gasteiger partial charge in [0, 0.05) is 6.20 Å². The Morgan fingerprint density at radius 3 is 3.05 bits per heavy atom. The number of carbonyl (C=O) groups is 1. The molecular weight excluding hydrogens is 264 g/mol. The molecule has 3 N–H and O–H groups in total. The summed E-state index contributed by atoms with van der Waals surface area (Å²) in [5.74, 6) is -0.0805. The predicted molar refractivity (Wildman–Crippen MR) is 67.1 cm³/mol. The maximum Gasteiger partial charge on any atom is 0.322 e. The molecule has 0 spiro atoms. The summed E-state index contributed by atoms with van der Waals surface area (Å²) in [6, 6.07) is 0.0473. The molecule has 20 heavy (non-hydrogen) atoms. The third-order valence-corrected chi connectivity index (χ3v) is 2.92. The van der Waals surface area contributed by atoms with Crippen molar-refractivity contribution in [2.45, 2.75) is 18.9 Å². The Hall–Kier alpha value is -2.55. The number of rotatable bonds is 3. The van der Waals surface area contributed by atoms with Gasteiger partial charge in [0.2, 0.25) is 5.89 Å². The molecule has 1 amide bonds. The molecule has 1 saturated heterocycles. The second-order valence-corrected chi connectivity index (χ2v) is 4.34. The highest BCUT2D eigenvalue weighted by atomic mass is 16.4. The maximum absolute atomic E-state index is 11.8. The molecule has 1 fully saturated rings. The van der Waals surface area contributed by atoms with E-state index in [0.29, 0.717) is 5.89 Å². The Morgan fingerprint density at radius 1 is 1.45 bits per heavy atom. The standard InChI is InChI=1S/C11H12N6O3/c18-8-5-13-7(4-14-8)9(19)15-11-17-16-10(20-11)6-2-1-3-12-6/h4-6,12H,1-3H2,(H,14,18)(H,15,17,19). The normalized spacial score (nSPS) is 18.1. The molecule has 3 heterocycles. The van der Waals surface area contributed by atoms with Crippen molar-refractivity contribution in [2.24, 2.45) is 0 Å². The van der Waals surface area contributed by atoms with E-state index in [0.717, 1.165) is 25.6 Å². The van der Waals surface area contributed by atoms with E-state index in [1.54, 1.807) is 0 Å². The van der Waals surface area contributed by atoms with E-state index in [-0.39, 0.29) is 23.3 Å². The summed E-state index contributed by atoms with van der Waals surface area (Å²) in [4.78, 5) is 28.7. The molecule has 9 nitrogen and oxygen atoms in total. The molecule has 0 bridgehead atoms. The van der Waals surface area contributed by atoms with E-state index in [1.807, 2.05) is 0 Å². The van der Waals surface area contributed by atoms with Crippen LogP contribution in [0.1, 0.15) is 35.3 Å². The van der Waals surface area contributed by atoms with Gasteiger partial charge in [0.15, 0.2) is 0 Å². The minimum atomic E-state index is -0.532. The van der Waals surface area contributed by atoms with Crippen LogP contribution < -0.4 is 16.2 Å². The van der Waals surface area contributed by atoms with Crippen LogP contribution in [-0.2, 0) is 0 Å². The molecule has 1 aliphatic heterocycles. The maximum atomic E-state index is 11.8. The van der Waals surface area contributed by atoms with Crippen molar-refractivity contribution in [1.29, 1.82) is 0 Å². The average Bonchev–Trinajstić information content (AvgIpc) is 3.09. The number of amides is 1. The Labute approximate surface area is 112 Å². The molecule has 1 atom stereocenters. The number of aromatic amines is 1. The minimum absolute atomic E-state index is 0.00620. The van der Waals surface area contributed by atoms with E-state index in [1.165, 1.54) is 6.20 Å². The van der Waals surface area contributed by atoms with E-state index in [9.17, 15) is 9.59 Å². The lowest BCUT2D eigenvalue weighted by atomic mass is 10.2. The summed E-state index contributed by atoms with van der Waals surface area (Å²) >= 11 is 0. The number of H-pyrrole nitrogens is 1. The molecule has 0 saturated carbocycles. The van der Waals surface area contributed by atoms with Gasteiger partial charge in [-0.25, -0.2) is 4.98 Å². The SMILES string of the molecule is O=C(Nc1nnc(C2CCCN2)o1)c1c[nH]c(=O)cn1. The van der Waals surface area contributed by atoms with Crippen molar-refractivity contribution in [3.05, 3.63) is 34.3 Å². The van der Waals surface area contributed by atoms with Crippen molar-refractivity contribution in [2.75, 3.05) is 11.9 Å². The van der Waals surface area contributed by atoms with Gasteiger partial charge in [-0.05, 0) is 19.4 Å². The van der Waals surface area contributed by atoms with Crippen LogP contribution in [0, 0.1) is 0 Å². The van der Waals surface area contributed by atoms with Crippen LogP contribution in [0.5, 0.6) is 0 Å². The van der Waals surface area contributed by atoms with E-state index < -0.39 is 5.91 Å². The van der Waals surface area contributed by atoms with Gasteiger partial charge in [-0.2, -0.15) is 0 Å². The first-order chi connectivity index (χ1) is 9.72. The van der Waals surface area contributed by atoms with Crippen LogP contribution in [0.3, 0.4) is 0 Å². The van der Waals surface area contributed by atoms with E-state index in [2.05, 4.69) is 30.8 Å². The quantitative estimate of drug-likeness (QED) is 0.710. The van der Waals surface area contributed by atoms with Gasteiger partial charge in [-0.1, -0.05) is 5.10 Å². The fourth-order valence-electron chi connectivity index (χ4n) is 1.95. The molecule has 2 aromatic rings. The van der Waals surface area contributed by atoms with Crippen molar-refractivity contribution in [3.8, 4) is 0 Å². The lowest BCUT2D eigenvalue weighted by molar-refractivity contribution is 0.101. The highest BCUT2D eigenvalue weighted by molar-refractivity contribution is 6.01. The number of hydrogen-bond acceptors (Lipinski definition) is 7. The van der Waals surface area contributed by atoms with Gasteiger partial charge in [-0.3, -0.25) is 14.9 Å². The molecule has 0 aliphatic carbocycles. The molecule has 2 aromatic heterocycles. The van der Waals surface area contributed by atoms with E-state index >= 15 is 0 Å². The molecule has 9 heteroatoms. The van der Waals surface area contributed by atoms with Crippen LogP contribution in [0.25, 0.3) is 0 Å². The Kier molecular flexibility index (Phi) is 3.25. The third kappa shape index (κ3) is 2.57. The third-order valence-electron chi connectivity index (χ3n) is 2.92. The Balaban J connectivity index is 1.69. The highest BCUT2D eigenvalue weighted by Gasteiger charge is 2.22. The molecule has 0 radical (unpaired) electrons. The fourth-order valence-corrected chi connectivity index (χ4v) is 1.95. The summed E-state index contributed by atoms with van der Waals surface area (Å²) in [6.45, 7) is 0.913. The average molecular weight is 276 g/mol. The highest BCUT2D eigenvalue weighted by Crippen LogP contribution is 2.22. The zero-order chi connectivity index (χ0) is 13.9. The first-order valence-electron chi connectivity index (χ1n) is 6.15.